The Kier molecular flexibility index (Phi) is 4.69. The summed E-state index contributed by atoms with van der Waals surface area (Å²) in [6.45, 7) is 0.312. The summed E-state index contributed by atoms with van der Waals surface area (Å²) in [7, 11) is 0. The number of hydrogen-bond acceptors (Lipinski definition) is 3. The maximum atomic E-state index is 13.1. The minimum Gasteiger partial charge on any atom is -0.392 e. The zero-order chi connectivity index (χ0) is 18.1. The van der Waals surface area contributed by atoms with E-state index in [9.17, 15) is 19.1 Å². The molecule has 2 aliphatic carbocycles. The predicted octanol–water partition coefficient (Wildman–Crippen LogP) is 1.22. The van der Waals surface area contributed by atoms with E-state index in [-0.39, 0.29) is 11.7 Å². The van der Waals surface area contributed by atoms with Crippen molar-refractivity contribution in [1.82, 2.24) is 10.6 Å². The summed E-state index contributed by atoms with van der Waals surface area (Å²) >= 11 is 0. The van der Waals surface area contributed by atoms with Gasteiger partial charge in [-0.1, -0.05) is 18.6 Å². The Morgan fingerprint density at radius 3 is 2.44 bits per heavy atom. The Hall–Kier alpha value is -2.15. The van der Waals surface area contributed by atoms with Gasteiger partial charge in [0.05, 0.1) is 6.10 Å². The monoisotopic (exact) mass is 349 g/mol. The topological polar surface area (TPSA) is 104 Å². The molecule has 5 N–H and O–H groups in total. The van der Waals surface area contributed by atoms with Gasteiger partial charge in [0.1, 0.15) is 11.4 Å². The second kappa shape index (κ2) is 6.63. The van der Waals surface area contributed by atoms with Gasteiger partial charge in [-0.15, -0.1) is 0 Å². The van der Waals surface area contributed by atoms with Crippen molar-refractivity contribution in [3.05, 3.63) is 35.6 Å². The Balaban J connectivity index is 1.68. The number of hydrogen-bond donors (Lipinski definition) is 4. The number of carbonyl (C=O) groups excluding carboxylic acids is 2. The molecule has 0 aliphatic heterocycles. The third-order valence-corrected chi connectivity index (χ3v) is 5.48. The molecule has 3 amide bonds. The Bertz CT molecular complexity index is 660. The fourth-order valence-electron chi connectivity index (χ4n) is 3.80. The minimum atomic E-state index is -0.896. The highest BCUT2D eigenvalue weighted by molar-refractivity contribution is 5.93. The maximum Gasteiger partial charge on any atom is 0.313 e. The molecule has 2 saturated carbocycles. The number of halogens is 1. The second-order valence-corrected chi connectivity index (χ2v) is 7.33. The van der Waals surface area contributed by atoms with Crippen molar-refractivity contribution in [3.8, 4) is 0 Å². The van der Waals surface area contributed by atoms with Crippen LogP contribution >= 0.6 is 0 Å². The first-order valence-corrected chi connectivity index (χ1v) is 8.64. The second-order valence-electron chi connectivity index (χ2n) is 7.33. The summed E-state index contributed by atoms with van der Waals surface area (Å²) in [4.78, 5) is 23.5. The number of nitrogens with one attached hydrogen (secondary N) is 2. The zero-order valence-corrected chi connectivity index (χ0v) is 14.1. The number of aliphatic hydroxyl groups is 1. The number of urea groups is 1. The molecule has 0 aromatic heterocycles. The van der Waals surface area contributed by atoms with E-state index >= 15 is 0 Å². The predicted molar refractivity (Wildman–Crippen MR) is 90.1 cm³/mol. The summed E-state index contributed by atoms with van der Waals surface area (Å²) in [5, 5.41) is 15.9. The molecule has 0 radical (unpaired) electrons. The molecule has 2 atom stereocenters. The molecule has 0 saturated heterocycles. The maximum absolute atomic E-state index is 13.1. The van der Waals surface area contributed by atoms with Crippen molar-refractivity contribution < 1.29 is 19.1 Å². The van der Waals surface area contributed by atoms with Crippen molar-refractivity contribution in [1.29, 1.82) is 0 Å². The molecular formula is C18H24FN3O3. The summed E-state index contributed by atoms with van der Waals surface area (Å²) in [5.41, 5.74) is 4.69. The highest BCUT2D eigenvalue weighted by atomic mass is 19.1. The fraction of sp³-hybridized carbons (Fsp3) is 0.556. The normalized spacial score (nSPS) is 26.9. The molecule has 136 valence electrons. The largest absolute Gasteiger partial charge is 0.392 e. The van der Waals surface area contributed by atoms with Crippen LogP contribution in [0.25, 0.3) is 0 Å². The molecule has 0 spiro atoms. The lowest BCUT2D eigenvalue weighted by atomic mass is 9.78. The van der Waals surface area contributed by atoms with Gasteiger partial charge in [-0.3, -0.25) is 4.79 Å². The summed E-state index contributed by atoms with van der Waals surface area (Å²) in [5.74, 6) is -0.560. The van der Waals surface area contributed by atoms with Crippen LogP contribution in [0.5, 0.6) is 0 Å². The van der Waals surface area contributed by atoms with E-state index in [0.29, 0.717) is 32.2 Å². The Labute approximate surface area is 146 Å². The van der Waals surface area contributed by atoms with Gasteiger partial charge < -0.3 is 21.5 Å². The van der Waals surface area contributed by atoms with Crippen LogP contribution in [-0.4, -0.2) is 35.2 Å². The van der Waals surface area contributed by atoms with E-state index in [1.54, 1.807) is 12.1 Å². The molecule has 1 aromatic carbocycles. The van der Waals surface area contributed by atoms with Crippen LogP contribution in [0.4, 0.5) is 9.18 Å². The average molecular weight is 349 g/mol. The van der Waals surface area contributed by atoms with Crippen molar-refractivity contribution >= 4 is 11.9 Å². The van der Waals surface area contributed by atoms with Crippen LogP contribution in [0.1, 0.15) is 37.7 Å². The van der Waals surface area contributed by atoms with E-state index in [4.69, 9.17) is 5.73 Å². The lowest BCUT2D eigenvalue weighted by Crippen LogP contribution is -2.53. The molecule has 0 unspecified atom stereocenters. The molecule has 6 nitrogen and oxygen atoms in total. The van der Waals surface area contributed by atoms with Crippen LogP contribution in [0.3, 0.4) is 0 Å². The quantitative estimate of drug-likeness (QED) is 0.620. The summed E-state index contributed by atoms with van der Waals surface area (Å²) in [6.07, 6.45) is 3.50. The van der Waals surface area contributed by atoms with Gasteiger partial charge in [0.15, 0.2) is 0 Å². The number of nitrogens with two attached hydrogens (primary N) is 1. The molecular weight excluding hydrogens is 325 g/mol. The van der Waals surface area contributed by atoms with Crippen LogP contribution in [0.15, 0.2) is 24.3 Å². The van der Waals surface area contributed by atoms with E-state index in [0.717, 1.165) is 18.4 Å². The number of benzene rings is 1. The number of amides is 3. The Morgan fingerprint density at radius 1 is 1.24 bits per heavy atom. The third kappa shape index (κ3) is 3.76. The van der Waals surface area contributed by atoms with Gasteiger partial charge in [0.25, 0.3) is 0 Å². The van der Waals surface area contributed by atoms with Crippen molar-refractivity contribution in [2.24, 2.45) is 11.1 Å². The van der Waals surface area contributed by atoms with Gasteiger partial charge >= 0.3 is 6.03 Å². The molecule has 0 bridgehead atoms. The smallest absolute Gasteiger partial charge is 0.313 e. The van der Waals surface area contributed by atoms with E-state index in [2.05, 4.69) is 10.6 Å². The summed E-state index contributed by atoms with van der Waals surface area (Å²) < 4.78 is 13.1. The number of carbonyl (C=O) groups is 2. The van der Waals surface area contributed by atoms with Crippen LogP contribution < -0.4 is 16.4 Å². The number of primary amides is 1. The third-order valence-electron chi connectivity index (χ3n) is 5.48. The average Bonchev–Trinajstić information content (AvgIpc) is 3.25. The van der Waals surface area contributed by atoms with Gasteiger partial charge in [0, 0.05) is 12.0 Å². The molecule has 0 heterocycles. The van der Waals surface area contributed by atoms with Gasteiger partial charge in [-0.25, -0.2) is 9.18 Å². The standard InChI is InChI=1S/C18H24FN3O3/c19-13-5-3-12(4-6-13)10-17(7-1-2-14(17)23)11-21-15(24)18(8-9-18)22-16(20)25/h3-6,14,23H,1-2,7-11H2,(H,21,24)(H3,20,22,25)/t14-,17-/m0/s1. The molecule has 7 heteroatoms. The zero-order valence-electron chi connectivity index (χ0n) is 14.1. The molecule has 25 heavy (non-hydrogen) atoms. The molecule has 3 rings (SSSR count). The van der Waals surface area contributed by atoms with E-state index in [1.807, 2.05) is 0 Å². The van der Waals surface area contributed by atoms with Crippen molar-refractivity contribution in [2.45, 2.75) is 50.2 Å². The number of rotatable bonds is 6. The molecule has 2 fully saturated rings. The highest BCUT2D eigenvalue weighted by Crippen LogP contribution is 2.42. The van der Waals surface area contributed by atoms with Crippen LogP contribution in [0, 0.1) is 11.2 Å². The first-order chi connectivity index (χ1) is 11.9. The highest BCUT2D eigenvalue weighted by Gasteiger charge is 2.52. The van der Waals surface area contributed by atoms with Gasteiger partial charge in [-0.05, 0) is 49.8 Å². The first-order valence-electron chi connectivity index (χ1n) is 8.64. The van der Waals surface area contributed by atoms with E-state index < -0.39 is 23.1 Å². The lowest BCUT2D eigenvalue weighted by molar-refractivity contribution is -0.124. The minimum absolute atomic E-state index is 0.260. The van der Waals surface area contributed by atoms with Crippen molar-refractivity contribution in [3.63, 3.8) is 0 Å². The first kappa shape index (κ1) is 17.7. The van der Waals surface area contributed by atoms with Gasteiger partial charge in [-0.2, -0.15) is 0 Å². The Morgan fingerprint density at radius 2 is 1.92 bits per heavy atom. The SMILES string of the molecule is NC(=O)NC1(C(=O)NC[C@@]2(Cc3ccc(F)cc3)CCC[C@@H]2O)CC1. The molecule has 1 aromatic rings. The fourth-order valence-corrected chi connectivity index (χ4v) is 3.80. The summed E-state index contributed by atoms with van der Waals surface area (Å²) in [6, 6.07) is 5.51. The van der Waals surface area contributed by atoms with Crippen LogP contribution in [0.2, 0.25) is 0 Å². The van der Waals surface area contributed by atoms with Crippen molar-refractivity contribution in [2.75, 3.05) is 6.54 Å². The number of aliphatic hydroxyl groups excluding tert-OH is 1. The molecule has 2 aliphatic rings. The van der Waals surface area contributed by atoms with E-state index in [1.165, 1.54) is 12.1 Å². The van der Waals surface area contributed by atoms with Crippen LogP contribution in [-0.2, 0) is 11.2 Å². The lowest BCUT2D eigenvalue weighted by Gasteiger charge is -2.34. The van der Waals surface area contributed by atoms with Gasteiger partial charge in [0.2, 0.25) is 5.91 Å².